The van der Waals surface area contributed by atoms with Crippen LogP contribution in [0.15, 0.2) is 4.52 Å². The molecular weight excluding hydrogens is 292 g/mol. The van der Waals surface area contributed by atoms with Gasteiger partial charge in [0, 0.05) is 11.3 Å². The first-order valence-corrected chi connectivity index (χ1v) is 8.32. The Labute approximate surface area is 135 Å². The molecule has 0 aromatic carbocycles. The molecule has 0 saturated heterocycles. The third kappa shape index (κ3) is 2.72. The van der Waals surface area contributed by atoms with Crippen molar-refractivity contribution in [2.75, 3.05) is 0 Å². The summed E-state index contributed by atoms with van der Waals surface area (Å²) < 4.78 is 5.48. The summed E-state index contributed by atoms with van der Waals surface area (Å²) in [5.41, 5.74) is 9.24. The van der Waals surface area contributed by atoms with Crippen molar-refractivity contribution < 1.29 is 9.32 Å². The van der Waals surface area contributed by atoms with E-state index >= 15 is 0 Å². The summed E-state index contributed by atoms with van der Waals surface area (Å²) in [5.74, 6) is 1.05. The Balaban J connectivity index is 2.04. The highest BCUT2D eigenvalue weighted by Gasteiger charge is 2.36. The predicted octanol–water partition coefficient (Wildman–Crippen LogP) is 3.26. The number of aromatic amines is 1. The zero-order valence-electron chi connectivity index (χ0n) is 14.0. The molecule has 1 fully saturated rings. The lowest BCUT2D eigenvalue weighted by molar-refractivity contribution is 0.101. The van der Waals surface area contributed by atoms with Gasteiger partial charge in [-0.1, -0.05) is 31.3 Å². The molecule has 1 aliphatic carbocycles. The van der Waals surface area contributed by atoms with E-state index in [-0.39, 0.29) is 5.78 Å². The Hall–Kier alpha value is -1.95. The SMILES string of the molecule is CCCc1c(-c2nc(C3(N)CCCC3)no2)[nH]c(C)c1C(C)=O. The number of carbonyl (C=O) groups excluding carboxylic acids is 1. The maximum atomic E-state index is 12.0. The molecule has 1 saturated carbocycles. The highest BCUT2D eigenvalue weighted by Crippen LogP contribution is 2.36. The molecule has 124 valence electrons. The third-order valence-corrected chi connectivity index (χ3v) is 4.72. The van der Waals surface area contributed by atoms with Gasteiger partial charge in [0.2, 0.25) is 0 Å². The molecule has 0 unspecified atom stereocenters. The summed E-state index contributed by atoms with van der Waals surface area (Å²) in [5, 5.41) is 4.12. The summed E-state index contributed by atoms with van der Waals surface area (Å²) >= 11 is 0. The summed E-state index contributed by atoms with van der Waals surface area (Å²) in [7, 11) is 0. The van der Waals surface area contributed by atoms with Gasteiger partial charge < -0.3 is 15.2 Å². The van der Waals surface area contributed by atoms with Crippen molar-refractivity contribution in [1.82, 2.24) is 15.1 Å². The van der Waals surface area contributed by atoms with E-state index in [9.17, 15) is 4.79 Å². The average molecular weight is 316 g/mol. The van der Waals surface area contributed by atoms with E-state index < -0.39 is 5.54 Å². The highest BCUT2D eigenvalue weighted by molar-refractivity contribution is 5.98. The number of nitrogens with one attached hydrogen (secondary N) is 1. The van der Waals surface area contributed by atoms with Gasteiger partial charge in [0.15, 0.2) is 11.6 Å². The molecule has 1 aliphatic rings. The van der Waals surface area contributed by atoms with E-state index in [4.69, 9.17) is 10.3 Å². The predicted molar refractivity (Wildman–Crippen MR) is 87.2 cm³/mol. The van der Waals surface area contributed by atoms with Gasteiger partial charge in [-0.15, -0.1) is 0 Å². The minimum atomic E-state index is -0.474. The van der Waals surface area contributed by atoms with Crippen molar-refractivity contribution in [2.45, 2.75) is 64.8 Å². The van der Waals surface area contributed by atoms with Gasteiger partial charge in [-0.3, -0.25) is 4.79 Å². The van der Waals surface area contributed by atoms with Crippen molar-refractivity contribution in [3.05, 3.63) is 22.6 Å². The van der Waals surface area contributed by atoms with Gasteiger partial charge in [0.05, 0.1) is 5.54 Å². The van der Waals surface area contributed by atoms with Crippen LogP contribution in [0, 0.1) is 6.92 Å². The first-order valence-electron chi connectivity index (χ1n) is 8.32. The van der Waals surface area contributed by atoms with Crippen molar-refractivity contribution in [3.63, 3.8) is 0 Å². The van der Waals surface area contributed by atoms with E-state index in [1.54, 1.807) is 6.92 Å². The summed E-state index contributed by atoms with van der Waals surface area (Å²) in [4.78, 5) is 19.8. The maximum Gasteiger partial charge on any atom is 0.274 e. The number of Topliss-reactive ketones (excluding diaryl/α,β-unsaturated/α-hetero) is 1. The molecule has 6 nitrogen and oxygen atoms in total. The second-order valence-electron chi connectivity index (χ2n) is 6.57. The Kier molecular flexibility index (Phi) is 4.10. The van der Waals surface area contributed by atoms with Crippen LogP contribution in [0.25, 0.3) is 11.6 Å². The van der Waals surface area contributed by atoms with E-state index in [1.807, 2.05) is 6.92 Å². The lowest BCUT2D eigenvalue weighted by Gasteiger charge is -2.17. The lowest BCUT2D eigenvalue weighted by atomic mass is 9.98. The number of hydrogen-bond donors (Lipinski definition) is 2. The topological polar surface area (TPSA) is 97.8 Å². The van der Waals surface area contributed by atoms with Crippen LogP contribution < -0.4 is 5.73 Å². The van der Waals surface area contributed by atoms with Crippen LogP contribution in [0.1, 0.15) is 73.4 Å². The summed E-state index contributed by atoms with van der Waals surface area (Å²) in [6, 6.07) is 0. The number of ketones is 1. The van der Waals surface area contributed by atoms with Crippen LogP contribution in [0.2, 0.25) is 0 Å². The molecular formula is C17H24N4O2. The van der Waals surface area contributed by atoms with Gasteiger partial charge in [-0.05, 0) is 38.7 Å². The molecule has 0 radical (unpaired) electrons. The monoisotopic (exact) mass is 316 g/mol. The van der Waals surface area contributed by atoms with Crippen LogP contribution in [-0.2, 0) is 12.0 Å². The maximum absolute atomic E-state index is 12.0. The molecule has 0 aliphatic heterocycles. The molecule has 3 rings (SSSR count). The van der Waals surface area contributed by atoms with Gasteiger partial charge in [0.1, 0.15) is 5.69 Å². The molecule has 23 heavy (non-hydrogen) atoms. The fourth-order valence-electron chi connectivity index (χ4n) is 3.59. The van der Waals surface area contributed by atoms with E-state index in [0.717, 1.165) is 61.0 Å². The Morgan fingerprint density at radius 3 is 2.70 bits per heavy atom. The van der Waals surface area contributed by atoms with Gasteiger partial charge in [-0.25, -0.2) is 0 Å². The molecule has 6 heteroatoms. The fourth-order valence-corrected chi connectivity index (χ4v) is 3.59. The molecule has 2 aromatic rings. The standard InChI is InChI=1S/C17H24N4O2/c1-4-7-12-13(11(3)22)10(2)19-14(12)15-20-16(21-23-15)17(18)8-5-6-9-17/h19H,4-9,18H2,1-3H3. The van der Waals surface area contributed by atoms with E-state index in [0.29, 0.717) is 11.7 Å². The number of aromatic nitrogens is 3. The van der Waals surface area contributed by atoms with Crippen LogP contribution in [0.5, 0.6) is 0 Å². The average Bonchev–Trinajstić information content (AvgIpc) is 3.18. The van der Waals surface area contributed by atoms with Crippen molar-refractivity contribution >= 4 is 5.78 Å². The Morgan fingerprint density at radius 2 is 2.09 bits per heavy atom. The number of H-pyrrole nitrogens is 1. The smallest absolute Gasteiger partial charge is 0.274 e. The number of hydrogen-bond acceptors (Lipinski definition) is 5. The van der Waals surface area contributed by atoms with Gasteiger partial charge >= 0.3 is 0 Å². The minimum absolute atomic E-state index is 0.0549. The van der Waals surface area contributed by atoms with Crippen LogP contribution >= 0.6 is 0 Å². The zero-order valence-corrected chi connectivity index (χ0v) is 14.0. The number of nitrogens with zero attached hydrogens (tertiary/aromatic N) is 2. The third-order valence-electron chi connectivity index (χ3n) is 4.72. The minimum Gasteiger partial charge on any atom is -0.354 e. The largest absolute Gasteiger partial charge is 0.354 e. The number of nitrogens with two attached hydrogens (primary N) is 1. The Bertz CT molecular complexity index is 723. The zero-order chi connectivity index (χ0) is 16.6. The first kappa shape index (κ1) is 15.9. The number of rotatable bonds is 5. The molecule has 2 heterocycles. The molecule has 0 amide bonds. The Morgan fingerprint density at radius 1 is 1.39 bits per heavy atom. The van der Waals surface area contributed by atoms with E-state index in [2.05, 4.69) is 22.0 Å². The van der Waals surface area contributed by atoms with Gasteiger partial charge in [0.25, 0.3) is 5.89 Å². The van der Waals surface area contributed by atoms with Crippen molar-refractivity contribution in [1.29, 1.82) is 0 Å². The molecule has 0 spiro atoms. The molecule has 2 aromatic heterocycles. The fraction of sp³-hybridized carbons (Fsp3) is 0.588. The van der Waals surface area contributed by atoms with Gasteiger partial charge in [-0.2, -0.15) is 4.98 Å². The second-order valence-corrected chi connectivity index (χ2v) is 6.57. The quantitative estimate of drug-likeness (QED) is 0.825. The number of carbonyl (C=O) groups is 1. The molecule has 0 bridgehead atoms. The number of aryl methyl sites for hydroxylation is 1. The van der Waals surface area contributed by atoms with E-state index in [1.165, 1.54) is 0 Å². The second kappa shape index (κ2) is 5.92. The van der Waals surface area contributed by atoms with Crippen LogP contribution in [-0.4, -0.2) is 20.9 Å². The van der Waals surface area contributed by atoms with Crippen molar-refractivity contribution in [2.24, 2.45) is 5.73 Å². The first-order chi connectivity index (χ1) is 11.0. The summed E-state index contributed by atoms with van der Waals surface area (Å²) in [6.07, 6.45) is 5.69. The van der Waals surface area contributed by atoms with Crippen LogP contribution in [0.4, 0.5) is 0 Å². The van der Waals surface area contributed by atoms with Crippen LogP contribution in [0.3, 0.4) is 0 Å². The molecule has 0 atom stereocenters. The highest BCUT2D eigenvalue weighted by atomic mass is 16.5. The normalized spacial score (nSPS) is 16.9. The lowest BCUT2D eigenvalue weighted by Crippen LogP contribution is -2.34. The summed E-state index contributed by atoms with van der Waals surface area (Å²) in [6.45, 7) is 5.58. The van der Waals surface area contributed by atoms with Crippen molar-refractivity contribution in [3.8, 4) is 11.6 Å². The molecule has 3 N–H and O–H groups in total.